The molecule has 0 bridgehead atoms. The SMILES string of the molecule is C#CCSCCNC(=NC)NC1CCCCC1.I. The van der Waals surface area contributed by atoms with E-state index in [0.29, 0.717) is 6.04 Å². The number of nitrogens with one attached hydrogen (secondary N) is 2. The van der Waals surface area contributed by atoms with E-state index in [1.807, 2.05) is 7.05 Å². The van der Waals surface area contributed by atoms with Crippen molar-refractivity contribution in [3.8, 4) is 12.3 Å². The summed E-state index contributed by atoms with van der Waals surface area (Å²) in [5.74, 6) is 5.37. The Hall–Kier alpha value is -0.0900. The van der Waals surface area contributed by atoms with Gasteiger partial charge < -0.3 is 10.6 Å². The molecule has 0 atom stereocenters. The van der Waals surface area contributed by atoms with E-state index in [1.54, 1.807) is 11.8 Å². The van der Waals surface area contributed by atoms with Crippen LogP contribution in [-0.2, 0) is 0 Å². The highest BCUT2D eigenvalue weighted by Gasteiger charge is 2.13. The molecule has 0 radical (unpaired) electrons. The third kappa shape index (κ3) is 8.09. The summed E-state index contributed by atoms with van der Waals surface area (Å²) in [6, 6.07) is 0.605. The molecule has 0 spiro atoms. The lowest BCUT2D eigenvalue weighted by molar-refractivity contribution is 0.410. The Balaban J connectivity index is 0.00000289. The van der Waals surface area contributed by atoms with Crippen molar-refractivity contribution in [3.05, 3.63) is 0 Å². The molecule has 0 amide bonds. The first kappa shape index (κ1) is 17.9. The van der Waals surface area contributed by atoms with Crippen LogP contribution in [0.25, 0.3) is 0 Å². The average Bonchev–Trinajstić information content (AvgIpc) is 2.38. The molecule has 1 saturated carbocycles. The van der Waals surface area contributed by atoms with Gasteiger partial charge in [-0.2, -0.15) is 0 Å². The van der Waals surface area contributed by atoms with Crippen molar-refractivity contribution in [2.24, 2.45) is 4.99 Å². The standard InChI is InChI=1S/C13H23N3S.HI/c1-3-10-17-11-9-15-13(14-2)16-12-7-5-4-6-8-12;/h1,12H,4-11H2,2H3,(H2,14,15,16);1H. The van der Waals surface area contributed by atoms with Crippen LogP contribution in [0.2, 0.25) is 0 Å². The summed E-state index contributed by atoms with van der Waals surface area (Å²) in [6.07, 6.45) is 11.8. The van der Waals surface area contributed by atoms with E-state index in [0.717, 1.165) is 24.0 Å². The molecule has 1 rings (SSSR count). The van der Waals surface area contributed by atoms with Gasteiger partial charge in [-0.3, -0.25) is 4.99 Å². The fraction of sp³-hybridized carbons (Fsp3) is 0.769. The lowest BCUT2D eigenvalue weighted by Gasteiger charge is -2.24. The van der Waals surface area contributed by atoms with Crippen LogP contribution in [0.1, 0.15) is 32.1 Å². The maximum Gasteiger partial charge on any atom is 0.191 e. The minimum atomic E-state index is 0. The highest BCUT2D eigenvalue weighted by atomic mass is 127. The maximum absolute atomic E-state index is 5.19. The van der Waals surface area contributed by atoms with Gasteiger partial charge in [-0.1, -0.05) is 25.2 Å². The Bertz CT molecular complexity index is 270. The zero-order chi connectivity index (χ0) is 12.3. The maximum atomic E-state index is 5.19. The molecule has 1 aliphatic carbocycles. The van der Waals surface area contributed by atoms with Crippen molar-refractivity contribution < 1.29 is 0 Å². The molecular weight excluding hydrogens is 357 g/mol. The minimum Gasteiger partial charge on any atom is -0.356 e. The molecule has 3 nitrogen and oxygen atoms in total. The van der Waals surface area contributed by atoms with E-state index < -0.39 is 0 Å². The molecule has 0 aromatic heterocycles. The summed E-state index contributed by atoms with van der Waals surface area (Å²) in [7, 11) is 1.83. The van der Waals surface area contributed by atoms with Gasteiger partial charge in [0.2, 0.25) is 0 Å². The van der Waals surface area contributed by atoms with Crippen LogP contribution in [0.15, 0.2) is 4.99 Å². The Morgan fingerprint density at radius 1 is 1.39 bits per heavy atom. The molecule has 0 saturated heterocycles. The van der Waals surface area contributed by atoms with Gasteiger partial charge >= 0.3 is 0 Å². The molecular formula is C13H24IN3S. The van der Waals surface area contributed by atoms with Crippen molar-refractivity contribution in [2.75, 3.05) is 25.1 Å². The Labute approximate surface area is 132 Å². The highest BCUT2D eigenvalue weighted by Crippen LogP contribution is 2.17. The Morgan fingerprint density at radius 2 is 2.11 bits per heavy atom. The van der Waals surface area contributed by atoms with Gasteiger partial charge in [0.05, 0.1) is 5.75 Å². The second kappa shape index (κ2) is 12.0. The summed E-state index contributed by atoms with van der Waals surface area (Å²) >= 11 is 1.77. The zero-order valence-electron chi connectivity index (χ0n) is 11.1. The second-order valence-corrected chi connectivity index (χ2v) is 5.34. The molecule has 18 heavy (non-hydrogen) atoms. The van der Waals surface area contributed by atoms with Crippen molar-refractivity contribution >= 4 is 41.7 Å². The van der Waals surface area contributed by atoms with Gasteiger partial charge in [0.15, 0.2) is 5.96 Å². The number of rotatable bonds is 5. The number of hydrogen-bond donors (Lipinski definition) is 2. The smallest absolute Gasteiger partial charge is 0.191 e. The van der Waals surface area contributed by atoms with Crippen molar-refractivity contribution in [2.45, 2.75) is 38.1 Å². The number of halogens is 1. The van der Waals surface area contributed by atoms with Crippen LogP contribution < -0.4 is 10.6 Å². The van der Waals surface area contributed by atoms with Crippen LogP contribution in [-0.4, -0.2) is 37.1 Å². The topological polar surface area (TPSA) is 36.4 Å². The van der Waals surface area contributed by atoms with Crippen molar-refractivity contribution in [1.82, 2.24) is 10.6 Å². The van der Waals surface area contributed by atoms with Crippen LogP contribution in [0.5, 0.6) is 0 Å². The van der Waals surface area contributed by atoms with Crippen LogP contribution >= 0.6 is 35.7 Å². The molecule has 1 aliphatic rings. The number of aliphatic imine (C=N–C) groups is 1. The second-order valence-electron chi connectivity index (χ2n) is 4.23. The first-order valence-corrected chi connectivity index (χ1v) is 7.50. The quantitative estimate of drug-likeness (QED) is 0.253. The van der Waals surface area contributed by atoms with Gasteiger partial charge in [-0.25, -0.2) is 0 Å². The predicted octanol–water partition coefficient (Wildman–Crippen LogP) is 2.47. The third-order valence-corrected chi connectivity index (χ3v) is 3.76. The first-order valence-electron chi connectivity index (χ1n) is 6.35. The van der Waals surface area contributed by atoms with Gasteiger partial charge in [0.25, 0.3) is 0 Å². The van der Waals surface area contributed by atoms with Crippen LogP contribution in [0.4, 0.5) is 0 Å². The lowest BCUT2D eigenvalue weighted by Crippen LogP contribution is -2.44. The molecule has 1 fully saturated rings. The van der Waals surface area contributed by atoms with E-state index >= 15 is 0 Å². The third-order valence-electron chi connectivity index (χ3n) is 2.89. The highest BCUT2D eigenvalue weighted by molar-refractivity contribution is 14.0. The first-order chi connectivity index (χ1) is 8.36. The van der Waals surface area contributed by atoms with Gasteiger partial charge in [0.1, 0.15) is 0 Å². The molecule has 0 aromatic carbocycles. The summed E-state index contributed by atoms with van der Waals surface area (Å²) in [5, 5.41) is 6.81. The lowest BCUT2D eigenvalue weighted by atomic mass is 9.96. The Kier molecular flexibility index (Phi) is 11.9. The normalized spacial score (nSPS) is 16.6. The molecule has 5 heteroatoms. The van der Waals surface area contributed by atoms with E-state index in [1.165, 1.54) is 32.1 Å². The summed E-state index contributed by atoms with van der Waals surface area (Å²) in [4.78, 5) is 4.24. The number of thioether (sulfide) groups is 1. The van der Waals surface area contributed by atoms with Crippen molar-refractivity contribution in [3.63, 3.8) is 0 Å². The average molecular weight is 381 g/mol. The van der Waals surface area contributed by atoms with E-state index in [2.05, 4.69) is 21.5 Å². The van der Waals surface area contributed by atoms with Gasteiger partial charge in [0, 0.05) is 25.4 Å². The minimum absolute atomic E-state index is 0. The Morgan fingerprint density at radius 3 is 2.72 bits per heavy atom. The zero-order valence-corrected chi connectivity index (χ0v) is 14.2. The van der Waals surface area contributed by atoms with Gasteiger partial charge in [-0.05, 0) is 12.8 Å². The molecule has 0 aliphatic heterocycles. The fourth-order valence-electron chi connectivity index (χ4n) is 2.01. The summed E-state index contributed by atoms with van der Waals surface area (Å²) < 4.78 is 0. The number of hydrogen-bond acceptors (Lipinski definition) is 2. The summed E-state index contributed by atoms with van der Waals surface area (Å²) in [5.41, 5.74) is 0. The number of nitrogens with zero attached hydrogens (tertiary/aromatic N) is 1. The van der Waals surface area contributed by atoms with Gasteiger partial charge in [-0.15, -0.1) is 42.2 Å². The van der Waals surface area contributed by atoms with Crippen LogP contribution in [0, 0.1) is 12.3 Å². The largest absolute Gasteiger partial charge is 0.356 e. The van der Waals surface area contributed by atoms with Crippen molar-refractivity contribution in [1.29, 1.82) is 0 Å². The predicted molar refractivity (Wildman–Crippen MR) is 92.9 cm³/mol. The molecule has 0 aromatic rings. The molecule has 0 unspecified atom stereocenters. The fourth-order valence-corrected chi connectivity index (χ4v) is 2.52. The number of terminal acetylenes is 1. The van der Waals surface area contributed by atoms with Crippen LogP contribution in [0.3, 0.4) is 0 Å². The van der Waals surface area contributed by atoms with E-state index in [-0.39, 0.29) is 24.0 Å². The number of guanidine groups is 1. The molecule has 104 valence electrons. The molecule has 0 heterocycles. The molecule has 2 N–H and O–H groups in total. The van der Waals surface area contributed by atoms with E-state index in [4.69, 9.17) is 6.42 Å². The monoisotopic (exact) mass is 381 g/mol. The summed E-state index contributed by atoms with van der Waals surface area (Å²) in [6.45, 7) is 0.915. The van der Waals surface area contributed by atoms with E-state index in [9.17, 15) is 0 Å².